The monoisotopic (exact) mass is 463 g/mol. The van der Waals surface area contributed by atoms with Gasteiger partial charge in [-0.25, -0.2) is 4.98 Å². The molecule has 0 radical (unpaired) electrons. The fourth-order valence-corrected chi connectivity index (χ4v) is 3.87. The van der Waals surface area contributed by atoms with E-state index in [9.17, 15) is 4.79 Å². The molecule has 0 saturated carbocycles. The van der Waals surface area contributed by atoms with E-state index in [1.807, 2.05) is 19.1 Å². The zero-order valence-corrected chi connectivity index (χ0v) is 19.6. The summed E-state index contributed by atoms with van der Waals surface area (Å²) in [5.41, 5.74) is 4.90. The third-order valence-corrected chi connectivity index (χ3v) is 5.65. The van der Waals surface area contributed by atoms with Gasteiger partial charge >= 0.3 is 0 Å². The van der Waals surface area contributed by atoms with Crippen molar-refractivity contribution in [3.05, 3.63) is 71.2 Å². The smallest absolute Gasteiger partial charge is 0.262 e. The molecule has 7 heteroatoms. The van der Waals surface area contributed by atoms with Crippen LogP contribution in [0, 0.1) is 6.92 Å². The van der Waals surface area contributed by atoms with Crippen molar-refractivity contribution in [3.63, 3.8) is 0 Å². The first-order valence-electron chi connectivity index (χ1n) is 10.9. The van der Waals surface area contributed by atoms with Gasteiger partial charge < -0.3 is 19.4 Å². The van der Waals surface area contributed by atoms with Crippen molar-refractivity contribution in [1.82, 2.24) is 4.98 Å². The third kappa shape index (κ3) is 5.29. The summed E-state index contributed by atoms with van der Waals surface area (Å²) in [6.07, 6.45) is 0. The normalized spacial score (nSPS) is 10.9. The Morgan fingerprint density at radius 3 is 2.52 bits per heavy atom. The number of oxazole rings is 1. The molecule has 0 aliphatic carbocycles. The Labute approximate surface area is 198 Å². The first-order valence-corrected chi connectivity index (χ1v) is 11.3. The molecule has 6 nitrogen and oxygen atoms in total. The number of aromatic nitrogens is 1. The molecule has 0 bridgehead atoms. The number of ether oxygens (including phenoxy) is 1. The number of carbonyl (C=O) groups is 1. The summed E-state index contributed by atoms with van der Waals surface area (Å²) < 4.78 is 11.5. The summed E-state index contributed by atoms with van der Waals surface area (Å²) in [5.74, 6) is 0.902. The summed E-state index contributed by atoms with van der Waals surface area (Å²) in [4.78, 5) is 19.2. The lowest BCUT2D eigenvalue weighted by molar-refractivity contribution is -0.118. The lowest BCUT2D eigenvalue weighted by Crippen LogP contribution is -2.21. The van der Waals surface area contributed by atoms with Gasteiger partial charge in [0.05, 0.1) is 0 Å². The number of carbonyl (C=O) groups excluding carboxylic acids is 1. The van der Waals surface area contributed by atoms with Gasteiger partial charge in [-0.3, -0.25) is 4.79 Å². The SMILES string of the molecule is CCN(CC)c1ccc(-c2nc3cc(NC(=O)COc4ccc(Cl)cc4C)ccc3o2)cc1. The van der Waals surface area contributed by atoms with Crippen LogP contribution in [-0.4, -0.2) is 30.6 Å². The van der Waals surface area contributed by atoms with E-state index in [0.29, 0.717) is 33.4 Å². The maximum absolute atomic E-state index is 12.4. The second-order valence-corrected chi connectivity index (χ2v) is 8.10. The van der Waals surface area contributed by atoms with Gasteiger partial charge in [0.25, 0.3) is 5.91 Å². The van der Waals surface area contributed by atoms with Gasteiger partial charge in [-0.15, -0.1) is 0 Å². The van der Waals surface area contributed by atoms with Crippen LogP contribution >= 0.6 is 11.6 Å². The fourth-order valence-electron chi connectivity index (χ4n) is 3.65. The topological polar surface area (TPSA) is 67.6 Å². The van der Waals surface area contributed by atoms with Crippen LogP contribution < -0.4 is 15.0 Å². The van der Waals surface area contributed by atoms with Gasteiger partial charge in [0.15, 0.2) is 12.2 Å². The van der Waals surface area contributed by atoms with E-state index < -0.39 is 0 Å². The van der Waals surface area contributed by atoms with Crippen LogP contribution in [0.1, 0.15) is 19.4 Å². The molecule has 0 saturated heterocycles. The van der Waals surface area contributed by atoms with Crippen LogP contribution in [0.5, 0.6) is 5.75 Å². The van der Waals surface area contributed by atoms with Crippen LogP contribution in [0.4, 0.5) is 11.4 Å². The lowest BCUT2D eigenvalue weighted by atomic mass is 10.2. The number of nitrogens with zero attached hydrogens (tertiary/aromatic N) is 2. The van der Waals surface area contributed by atoms with E-state index >= 15 is 0 Å². The molecule has 0 aliphatic rings. The Morgan fingerprint density at radius 2 is 1.82 bits per heavy atom. The molecule has 0 spiro atoms. The number of benzene rings is 3. The van der Waals surface area contributed by atoms with Gasteiger partial charge in [-0.2, -0.15) is 0 Å². The van der Waals surface area contributed by atoms with E-state index in [4.69, 9.17) is 20.8 Å². The van der Waals surface area contributed by atoms with E-state index in [1.54, 1.807) is 36.4 Å². The van der Waals surface area contributed by atoms with Crippen LogP contribution in [0.2, 0.25) is 5.02 Å². The van der Waals surface area contributed by atoms with Gasteiger partial charge in [-0.05, 0) is 87.0 Å². The number of anilines is 2. The molecule has 33 heavy (non-hydrogen) atoms. The number of amides is 1. The van der Waals surface area contributed by atoms with E-state index in [1.165, 1.54) is 5.69 Å². The van der Waals surface area contributed by atoms with Gasteiger partial charge in [-0.1, -0.05) is 11.6 Å². The first-order chi connectivity index (χ1) is 16.0. The Morgan fingerprint density at radius 1 is 1.06 bits per heavy atom. The highest BCUT2D eigenvalue weighted by Crippen LogP contribution is 2.28. The van der Waals surface area contributed by atoms with Gasteiger partial charge in [0.2, 0.25) is 5.89 Å². The molecule has 3 aromatic carbocycles. The van der Waals surface area contributed by atoms with Crippen molar-refractivity contribution in [2.75, 3.05) is 29.9 Å². The molecule has 4 aromatic rings. The summed E-state index contributed by atoms with van der Waals surface area (Å²) in [7, 11) is 0. The molecule has 0 aliphatic heterocycles. The second kappa shape index (κ2) is 9.96. The highest BCUT2D eigenvalue weighted by atomic mass is 35.5. The number of halogens is 1. The largest absolute Gasteiger partial charge is 0.483 e. The summed E-state index contributed by atoms with van der Waals surface area (Å²) >= 11 is 5.96. The Bertz CT molecular complexity index is 1260. The number of hydrogen-bond donors (Lipinski definition) is 1. The zero-order valence-electron chi connectivity index (χ0n) is 18.9. The number of rotatable bonds is 8. The van der Waals surface area contributed by atoms with Crippen molar-refractivity contribution in [2.24, 2.45) is 0 Å². The Hall–Kier alpha value is -3.51. The average Bonchev–Trinajstić information content (AvgIpc) is 3.23. The van der Waals surface area contributed by atoms with Crippen LogP contribution in [0.25, 0.3) is 22.6 Å². The molecule has 170 valence electrons. The molecular formula is C26H26ClN3O3. The van der Waals surface area contributed by atoms with Crippen molar-refractivity contribution in [2.45, 2.75) is 20.8 Å². The maximum atomic E-state index is 12.4. The minimum Gasteiger partial charge on any atom is -0.483 e. The van der Waals surface area contributed by atoms with E-state index in [0.717, 1.165) is 24.2 Å². The minimum absolute atomic E-state index is 0.108. The fraction of sp³-hybridized carbons (Fsp3) is 0.231. The van der Waals surface area contributed by atoms with Crippen molar-refractivity contribution < 1.29 is 13.9 Å². The van der Waals surface area contributed by atoms with Crippen LogP contribution in [0.15, 0.2) is 65.1 Å². The molecule has 1 N–H and O–H groups in total. The van der Waals surface area contributed by atoms with Crippen LogP contribution in [0.3, 0.4) is 0 Å². The third-order valence-electron chi connectivity index (χ3n) is 5.41. The number of nitrogens with one attached hydrogen (secondary N) is 1. The molecule has 4 rings (SSSR count). The predicted octanol–water partition coefficient (Wildman–Crippen LogP) is 6.32. The van der Waals surface area contributed by atoms with Crippen LogP contribution in [-0.2, 0) is 4.79 Å². The molecule has 0 unspecified atom stereocenters. The summed E-state index contributed by atoms with van der Waals surface area (Å²) in [6.45, 7) is 7.96. The van der Waals surface area contributed by atoms with Crippen molar-refractivity contribution >= 4 is 40.0 Å². The van der Waals surface area contributed by atoms with Gasteiger partial charge in [0, 0.05) is 35.1 Å². The average molecular weight is 464 g/mol. The maximum Gasteiger partial charge on any atom is 0.262 e. The molecule has 0 atom stereocenters. The highest BCUT2D eigenvalue weighted by molar-refractivity contribution is 6.30. The molecule has 1 amide bonds. The summed E-state index contributed by atoms with van der Waals surface area (Å²) in [5, 5.41) is 3.47. The highest BCUT2D eigenvalue weighted by Gasteiger charge is 2.12. The summed E-state index contributed by atoms with van der Waals surface area (Å²) in [6, 6.07) is 18.8. The number of hydrogen-bond acceptors (Lipinski definition) is 5. The van der Waals surface area contributed by atoms with E-state index in [-0.39, 0.29) is 12.5 Å². The Kier molecular flexibility index (Phi) is 6.84. The molecule has 1 aromatic heterocycles. The number of aryl methyl sites for hydroxylation is 1. The molecular weight excluding hydrogens is 438 g/mol. The first kappa shape index (κ1) is 22.7. The van der Waals surface area contributed by atoms with E-state index in [2.05, 4.69) is 41.2 Å². The lowest BCUT2D eigenvalue weighted by Gasteiger charge is -2.20. The zero-order chi connectivity index (χ0) is 23.4. The minimum atomic E-state index is -0.264. The standard InChI is InChI=1S/C26H26ClN3O3/c1-4-30(5-2)21-10-6-18(7-11-21)26-29-22-15-20(9-13-24(22)33-26)28-25(31)16-32-23-12-8-19(27)14-17(23)3/h6-15H,4-5,16H2,1-3H3,(H,28,31). The Balaban J connectivity index is 1.43. The number of fused-ring (bicyclic) bond motifs is 1. The van der Waals surface area contributed by atoms with Gasteiger partial charge in [0.1, 0.15) is 11.3 Å². The molecule has 0 fully saturated rings. The van der Waals surface area contributed by atoms with Crippen molar-refractivity contribution in [1.29, 1.82) is 0 Å². The predicted molar refractivity (Wildman–Crippen MR) is 133 cm³/mol. The second-order valence-electron chi connectivity index (χ2n) is 7.67. The van der Waals surface area contributed by atoms with Crippen molar-refractivity contribution in [3.8, 4) is 17.2 Å². The molecule has 1 heterocycles. The quantitative estimate of drug-likeness (QED) is 0.331.